The minimum absolute atomic E-state index is 0.0126. The first-order valence-corrected chi connectivity index (χ1v) is 16.6. The van der Waals surface area contributed by atoms with Crippen molar-refractivity contribution in [3.63, 3.8) is 0 Å². The summed E-state index contributed by atoms with van der Waals surface area (Å²) in [4.78, 5) is 52.3. The number of amides is 1. The summed E-state index contributed by atoms with van der Waals surface area (Å²) < 4.78 is 40.1. The number of thiocarbonyl (C=S) groups is 1. The van der Waals surface area contributed by atoms with Crippen LogP contribution in [0, 0.1) is 0 Å². The number of rotatable bonds is 9. The lowest BCUT2D eigenvalue weighted by Crippen LogP contribution is -2.36. The van der Waals surface area contributed by atoms with Crippen molar-refractivity contribution >= 4 is 86.0 Å². The highest BCUT2D eigenvalue weighted by Crippen LogP contribution is 2.48. The van der Waals surface area contributed by atoms with Crippen molar-refractivity contribution < 1.29 is 47.4 Å². The van der Waals surface area contributed by atoms with Crippen LogP contribution in [0.3, 0.4) is 0 Å². The Morgan fingerprint density at radius 3 is 2.39 bits per heavy atom. The predicted molar refractivity (Wildman–Crippen MR) is 170 cm³/mol. The molecule has 2 aromatic carbocycles. The van der Waals surface area contributed by atoms with Gasteiger partial charge in [-0.2, -0.15) is 8.42 Å². The first kappa shape index (κ1) is 33.0. The summed E-state index contributed by atoms with van der Waals surface area (Å²) in [5.74, 6) is -4.18. The highest BCUT2D eigenvalue weighted by molar-refractivity contribution is 8.03. The Morgan fingerprint density at radius 1 is 1.04 bits per heavy atom. The molecule has 0 atom stereocenters. The monoisotopic (exact) mass is 705 g/mol. The zero-order valence-corrected chi connectivity index (χ0v) is 26.8. The average molecular weight is 706 g/mol. The van der Waals surface area contributed by atoms with Crippen LogP contribution < -0.4 is 19.7 Å². The summed E-state index contributed by atoms with van der Waals surface area (Å²) in [6, 6.07) is 11.1. The fraction of sp³-hybridized carbons (Fsp3) is 0.179. The Kier molecular flexibility index (Phi) is 9.21. The van der Waals surface area contributed by atoms with Crippen LogP contribution in [0.5, 0.6) is 0 Å². The van der Waals surface area contributed by atoms with E-state index < -0.39 is 57.5 Å². The van der Waals surface area contributed by atoms with Crippen molar-refractivity contribution in [1.29, 1.82) is 0 Å². The van der Waals surface area contributed by atoms with E-state index in [1.165, 1.54) is 30.0 Å². The third kappa shape index (κ3) is 6.48. The van der Waals surface area contributed by atoms with Gasteiger partial charge in [-0.25, -0.2) is 0 Å². The van der Waals surface area contributed by atoms with Crippen molar-refractivity contribution in [2.75, 3.05) is 11.4 Å². The molecule has 0 radical (unpaired) electrons. The van der Waals surface area contributed by atoms with Gasteiger partial charge < -0.3 is 25.0 Å². The third-order valence-electron chi connectivity index (χ3n) is 6.75. The quantitative estimate of drug-likeness (QED) is 0.181. The Bertz CT molecular complexity index is 2150. The maximum atomic E-state index is 13.5. The van der Waals surface area contributed by atoms with Gasteiger partial charge in [0.2, 0.25) is 5.76 Å². The molecular formula is C28H23N3O11S4. The number of carboxylic acids is 2. The summed E-state index contributed by atoms with van der Waals surface area (Å²) in [5.41, 5.74) is 1.22. The maximum absolute atomic E-state index is 13.5. The third-order valence-corrected chi connectivity index (χ3v) is 10.4. The van der Waals surface area contributed by atoms with Gasteiger partial charge in [0.15, 0.2) is 0 Å². The van der Waals surface area contributed by atoms with Gasteiger partial charge in [0, 0.05) is 4.90 Å². The molecule has 14 nitrogen and oxygen atoms in total. The summed E-state index contributed by atoms with van der Waals surface area (Å²) in [7, 11) is -4.57. The predicted octanol–water partition coefficient (Wildman–Crippen LogP) is 0.894. The first-order valence-electron chi connectivity index (χ1n) is 13.1. The molecule has 5 rings (SSSR count). The van der Waals surface area contributed by atoms with E-state index >= 15 is 0 Å². The largest absolute Gasteiger partial charge is 0.480 e. The SMILES string of the molecule is C/C(C=c1s/c(=C2/OC(=S)N(CC(=O)O)C2=O)n(CC(=O)O)c1=O)=C1\Sc2ccc(CO)cc2N1Cc1ccccc1S(=O)(=O)O. The van der Waals surface area contributed by atoms with E-state index in [-0.39, 0.29) is 32.8 Å². The van der Waals surface area contributed by atoms with Crippen molar-refractivity contribution in [3.8, 4) is 0 Å². The lowest BCUT2D eigenvalue weighted by atomic mass is 10.1. The summed E-state index contributed by atoms with van der Waals surface area (Å²) >= 11 is 7.03. The number of hydrogen-bond acceptors (Lipinski definition) is 12. The molecule has 3 aromatic rings. The van der Waals surface area contributed by atoms with Crippen LogP contribution in [0.4, 0.5) is 5.69 Å². The van der Waals surface area contributed by atoms with E-state index in [9.17, 15) is 42.4 Å². The van der Waals surface area contributed by atoms with Gasteiger partial charge in [-0.3, -0.25) is 33.2 Å². The number of carboxylic acid groups (broad SMARTS) is 2. The number of carbonyl (C=O) groups is 3. The molecule has 1 aromatic heterocycles. The van der Waals surface area contributed by atoms with Crippen molar-refractivity contribution in [1.82, 2.24) is 9.47 Å². The number of fused-ring (bicyclic) bond motifs is 1. The Hall–Kier alpha value is -4.33. The molecule has 1 fully saturated rings. The maximum Gasteiger partial charge on any atom is 0.323 e. The number of aliphatic hydroxyl groups is 1. The molecule has 46 heavy (non-hydrogen) atoms. The normalized spacial score (nSPS) is 17.4. The highest BCUT2D eigenvalue weighted by Gasteiger charge is 2.37. The lowest BCUT2D eigenvalue weighted by molar-refractivity contribution is -0.140. The molecule has 0 aliphatic carbocycles. The number of thioether (sulfide) groups is 1. The molecule has 4 N–H and O–H groups in total. The van der Waals surface area contributed by atoms with Crippen LogP contribution in [-0.2, 0) is 48.9 Å². The number of thiazole rings is 1. The van der Waals surface area contributed by atoms with E-state index in [4.69, 9.17) is 22.1 Å². The minimum Gasteiger partial charge on any atom is -0.480 e. The van der Waals surface area contributed by atoms with Crippen LogP contribution in [0.2, 0.25) is 0 Å². The number of aromatic nitrogens is 1. The van der Waals surface area contributed by atoms with Gasteiger partial charge in [0.1, 0.15) is 17.8 Å². The lowest BCUT2D eigenvalue weighted by Gasteiger charge is -2.23. The Morgan fingerprint density at radius 2 is 1.74 bits per heavy atom. The van der Waals surface area contributed by atoms with Gasteiger partial charge in [-0.05, 0) is 60.1 Å². The van der Waals surface area contributed by atoms with E-state index in [1.54, 1.807) is 42.2 Å². The molecule has 1 amide bonds. The number of hydrogen-bond donors (Lipinski definition) is 4. The molecule has 1 saturated heterocycles. The number of aliphatic hydroxyl groups excluding tert-OH is 1. The van der Waals surface area contributed by atoms with Gasteiger partial charge >= 0.3 is 17.8 Å². The molecule has 2 aliphatic heterocycles. The smallest absolute Gasteiger partial charge is 0.323 e. The fourth-order valence-corrected chi connectivity index (χ4v) is 7.93. The van der Waals surface area contributed by atoms with Gasteiger partial charge in [0.25, 0.3) is 20.9 Å². The van der Waals surface area contributed by atoms with Crippen molar-refractivity contribution in [2.24, 2.45) is 0 Å². The average Bonchev–Trinajstić information content (AvgIpc) is 3.59. The van der Waals surface area contributed by atoms with Crippen LogP contribution in [-0.4, -0.2) is 67.3 Å². The second-order valence-electron chi connectivity index (χ2n) is 9.90. The van der Waals surface area contributed by atoms with Gasteiger partial charge in [-0.1, -0.05) is 36.0 Å². The number of nitrogens with zero attached hydrogens (tertiary/aromatic N) is 3. The van der Waals surface area contributed by atoms with E-state index in [2.05, 4.69) is 0 Å². The highest BCUT2D eigenvalue weighted by atomic mass is 32.2. The van der Waals surface area contributed by atoms with Crippen LogP contribution in [0.25, 0.3) is 11.8 Å². The first-order chi connectivity index (χ1) is 21.7. The molecule has 240 valence electrons. The zero-order valence-electron chi connectivity index (χ0n) is 23.6. The molecular weight excluding hydrogens is 683 g/mol. The molecule has 3 heterocycles. The number of allylic oxidation sites excluding steroid dienone is 1. The Labute approximate surface area is 273 Å². The molecule has 0 spiro atoms. The second kappa shape index (κ2) is 12.8. The second-order valence-corrected chi connectivity index (χ2v) is 13.7. The zero-order chi connectivity index (χ0) is 33.5. The molecule has 0 bridgehead atoms. The van der Waals surface area contributed by atoms with Crippen molar-refractivity contribution in [3.05, 3.63) is 83.7 Å². The number of ether oxygens (including phenoxy) is 1. The van der Waals surface area contributed by atoms with Crippen molar-refractivity contribution in [2.45, 2.75) is 36.4 Å². The van der Waals surface area contributed by atoms with E-state index in [1.807, 2.05) is 0 Å². The van der Waals surface area contributed by atoms with Crippen LogP contribution >= 0.6 is 35.3 Å². The number of benzene rings is 2. The Balaban J connectivity index is 1.69. The fourth-order valence-electron chi connectivity index (χ4n) is 4.76. The van der Waals surface area contributed by atoms with E-state index in [0.29, 0.717) is 26.8 Å². The summed E-state index contributed by atoms with van der Waals surface area (Å²) in [6.07, 6.45) is 1.48. The topological polar surface area (TPSA) is 204 Å². The van der Waals surface area contributed by atoms with Gasteiger partial charge in [-0.15, -0.1) is 11.3 Å². The molecule has 18 heteroatoms. The summed E-state index contributed by atoms with van der Waals surface area (Å²) in [6.45, 7) is -0.237. The number of anilines is 1. The molecule has 2 aliphatic rings. The van der Waals surface area contributed by atoms with E-state index in [0.717, 1.165) is 20.8 Å². The molecule has 0 saturated carbocycles. The number of aliphatic carboxylic acids is 2. The van der Waals surface area contributed by atoms with Crippen LogP contribution in [0.15, 0.2) is 67.7 Å². The molecule has 0 unspecified atom stereocenters. The van der Waals surface area contributed by atoms with Crippen LogP contribution in [0.1, 0.15) is 18.1 Å². The standard InChI is InChI=1S/C28H23N3O11S4/c1-14(8-19-24(37)30(11-21(33)34)27(45-19)23-25(38)31(12-22(35)36)28(43)42-23)26-29(17-9-15(13-32)6-7-18(17)44-26)10-16-4-2-3-5-20(16)46(39,40)41/h2-9,32H,10-13H2,1H3,(H,33,34)(H,35,36)(H,39,40,41)/b19-8?,26-14+,27-23+. The summed E-state index contributed by atoms with van der Waals surface area (Å²) in [5, 5.41) is 28.5. The number of carbonyl (C=O) groups excluding carboxylic acids is 1. The minimum atomic E-state index is -4.57. The van der Waals surface area contributed by atoms with Gasteiger partial charge in [0.05, 0.1) is 33.3 Å².